The van der Waals surface area contributed by atoms with Crippen molar-refractivity contribution in [1.82, 2.24) is 4.98 Å². The second-order valence-corrected chi connectivity index (χ2v) is 5.14. The monoisotopic (exact) mass is 311 g/mol. The van der Waals surface area contributed by atoms with Crippen LogP contribution in [0.2, 0.25) is 0 Å². The van der Waals surface area contributed by atoms with E-state index in [9.17, 15) is 0 Å². The second-order valence-electron chi connectivity index (χ2n) is 4.58. The van der Waals surface area contributed by atoms with E-state index in [1.807, 2.05) is 12.1 Å². The van der Waals surface area contributed by atoms with Gasteiger partial charge in [-0.15, -0.1) is 0 Å². The predicted molar refractivity (Wildman–Crippen MR) is 83.6 cm³/mol. The number of hydrogen-bond donors (Lipinski definition) is 0. The van der Waals surface area contributed by atoms with Crippen molar-refractivity contribution < 1.29 is 0 Å². The maximum absolute atomic E-state index is 4.74. The summed E-state index contributed by atoms with van der Waals surface area (Å²) in [4.78, 5) is 4.74. The maximum atomic E-state index is 4.74. The first-order valence-corrected chi connectivity index (χ1v) is 7.46. The summed E-state index contributed by atoms with van der Waals surface area (Å²) in [7, 11) is 0. The van der Waals surface area contributed by atoms with Crippen LogP contribution in [0.3, 0.4) is 0 Å². The lowest BCUT2D eigenvalue weighted by molar-refractivity contribution is 1.09. The van der Waals surface area contributed by atoms with Gasteiger partial charge in [-0.3, -0.25) is 4.98 Å². The van der Waals surface area contributed by atoms with Gasteiger partial charge in [0.05, 0.1) is 11.2 Å². The van der Waals surface area contributed by atoms with E-state index in [1.165, 1.54) is 16.5 Å². The zero-order chi connectivity index (χ0) is 13.1. The molecule has 0 bridgehead atoms. The molecule has 0 spiro atoms. The van der Waals surface area contributed by atoms with E-state index < -0.39 is 0 Å². The Morgan fingerprint density at radius 2 is 1.63 bits per heavy atom. The molecule has 0 saturated heterocycles. The van der Waals surface area contributed by atoms with Crippen molar-refractivity contribution in [2.45, 2.75) is 11.8 Å². The van der Waals surface area contributed by atoms with Crippen molar-refractivity contribution in [2.75, 3.05) is 0 Å². The molecule has 3 aromatic rings. The molecule has 0 aliphatic rings. The van der Waals surface area contributed by atoms with Crippen molar-refractivity contribution in [2.24, 2.45) is 0 Å². The highest BCUT2D eigenvalue weighted by molar-refractivity contribution is 9.08. The quantitative estimate of drug-likeness (QED) is 0.638. The highest BCUT2D eigenvalue weighted by atomic mass is 79.9. The Morgan fingerprint density at radius 1 is 0.895 bits per heavy atom. The van der Waals surface area contributed by atoms with E-state index in [0.717, 1.165) is 23.0 Å². The molecule has 0 atom stereocenters. The van der Waals surface area contributed by atoms with Gasteiger partial charge in [0.1, 0.15) is 0 Å². The molecule has 0 N–H and O–H groups in total. The molecule has 2 aromatic carbocycles. The summed E-state index contributed by atoms with van der Waals surface area (Å²) in [6.45, 7) is 0. The summed E-state index contributed by atoms with van der Waals surface area (Å²) in [6, 6.07) is 21.1. The highest BCUT2D eigenvalue weighted by Gasteiger charge is 2.06. The summed E-state index contributed by atoms with van der Waals surface area (Å²) >= 11 is 3.54. The minimum atomic E-state index is 0.792. The van der Waals surface area contributed by atoms with Crippen LogP contribution in [0.1, 0.15) is 16.8 Å². The number of para-hydroxylation sites is 1. The zero-order valence-corrected chi connectivity index (χ0v) is 12.1. The lowest BCUT2D eigenvalue weighted by Gasteiger charge is -2.09. The van der Waals surface area contributed by atoms with Crippen LogP contribution in [0.4, 0.5) is 0 Å². The van der Waals surface area contributed by atoms with Crippen LogP contribution >= 0.6 is 15.9 Å². The van der Waals surface area contributed by atoms with E-state index in [1.54, 1.807) is 0 Å². The maximum Gasteiger partial charge on any atom is 0.0705 e. The normalized spacial score (nSPS) is 10.8. The summed E-state index contributed by atoms with van der Waals surface area (Å²) in [5.74, 6) is 0. The molecule has 0 radical (unpaired) electrons. The van der Waals surface area contributed by atoms with Crippen molar-refractivity contribution in [3.8, 4) is 0 Å². The molecule has 94 valence electrons. The smallest absolute Gasteiger partial charge is 0.0705 e. The summed E-state index contributed by atoms with van der Waals surface area (Å²) < 4.78 is 0. The Morgan fingerprint density at radius 3 is 2.42 bits per heavy atom. The fraction of sp³-hybridized carbons (Fsp3) is 0.118. The van der Waals surface area contributed by atoms with E-state index in [4.69, 9.17) is 4.98 Å². The van der Waals surface area contributed by atoms with Crippen LogP contribution in [0, 0.1) is 0 Å². The Balaban J connectivity index is 2.06. The molecule has 0 unspecified atom stereocenters. The minimum absolute atomic E-state index is 0.792. The summed E-state index contributed by atoms with van der Waals surface area (Å²) in [5.41, 5.74) is 4.81. The second kappa shape index (κ2) is 5.54. The van der Waals surface area contributed by atoms with Gasteiger partial charge in [0.2, 0.25) is 0 Å². The number of halogens is 1. The van der Waals surface area contributed by atoms with Crippen LogP contribution in [0.15, 0.2) is 60.7 Å². The van der Waals surface area contributed by atoms with Crippen LogP contribution in [0.5, 0.6) is 0 Å². The Bertz CT molecular complexity index is 692. The minimum Gasteiger partial charge on any atom is -0.252 e. The molecule has 1 nitrogen and oxygen atoms in total. The molecule has 0 aliphatic heterocycles. The Hall–Kier alpha value is -1.67. The zero-order valence-electron chi connectivity index (χ0n) is 10.5. The molecule has 1 heterocycles. The third-order valence-electron chi connectivity index (χ3n) is 3.26. The average Bonchev–Trinajstić information content (AvgIpc) is 2.47. The molecule has 0 amide bonds. The first-order valence-electron chi connectivity index (χ1n) is 6.34. The Labute approximate surface area is 121 Å². The molecule has 0 saturated carbocycles. The van der Waals surface area contributed by atoms with E-state index in [0.29, 0.717) is 0 Å². The first kappa shape index (κ1) is 12.4. The van der Waals surface area contributed by atoms with Gasteiger partial charge in [-0.25, -0.2) is 0 Å². The van der Waals surface area contributed by atoms with Gasteiger partial charge >= 0.3 is 0 Å². The van der Waals surface area contributed by atoms with Gasteiger partial charge in [-0.05, 0) is 29.7 Å². The topological polar surface area (TPSA) is 12.9 Å². The molecular formula is C17H14BrN. The summed E-state index contributed by atoms with van der Waals surface area (Å²) in [5, 5.41) is 2.00. The Kier molecular flexibility index (Phi) is 3.60. The SMILES string of the molecule is BrCc1nc2ccccc2cc1Cc1ccccc1. The van der Waals surface area contributed by atoms with Crippen LogP contribution in [-0.2, 0) is 11.8 Å². The van der Waals surface area contributed by atoms with Crippen molar-refractivity contribution in [1.29, 1.82) is 0 Å². The molecule has 2 heteroatoms. The molecule has 1 aromatic heterocycles. The standard InChI is InChI=1S/C17H14BrN/c18-12-17-15(10-13-6-2-1-3-7-13)11-14-8-4-5-9-16(14)19-17/h1-9,11H,10,12H2. The molecule has 0 fully saturated rings. The highest BCUT2D eigenvalue weighted by Crippen LogP contribution is 2.21. The van der Waals surface area contributed by atoms with Gasteiger partial charge < -0.3 is 0 Å². The fourth-order valence-corrected chi connectivity index (χ4v) is 2.77. The third-order valence-corrected chi connectivity index (χ3v) is 3.79. The molecule has 0 aliphatic carbocycles. The van der Waals surface area contributed by atoms with Gasteiger partial charge in [-0.2, -0.15) is 0 Å². The van der Waals surface area contributed by atoms with Crippen molar-refractivity contribution in [3.05, 3.63) is 77.5 Å². The van der Waals surface area contributed by atoms with Gasteiger partial charge in [0.15, 0.2) is 0 Å². The number of alkyl halides is 1. The number of benzene rings is 2. The third kappa shape index (κ3) is 2.69. The van der Waals surface area contributed by atoms with Crippen LogP contribution in [-0.4, -0.2) is 4.98 Å². The fourth-order valence-electron chi connectivity index (χ4n) is 2.28. The molecule has 19 heavy (non-hydrogen) atoms. The number of hydrogen-bond acceptors (Lipinski definition) is 1. The van der Waals surface area contributed by atoms with E-state index in [2.05, 4.69) is 64.5 Å². The van der Waals surface area contributed by atoms with Crippen LogP contribution in [0.25, 0.3) is 10.9 Å². The summed E-state index contributed by atoms with van der Waals surface area (Å²) in [6.07, 6.45) is 0.930. The van der Waals surface area contributed by atoms with Crippen molar-refractivity contribution in [3.63, 3.8) is 0 Å². The lowest BCUT2D eigenvalue weighted by Crippen LogP contribution is -1.97. The number of rotatable bonds is 3. The predicted octanol–water partition coefficient (Wildman–Crippen LogP) is 4.72. The van der Waals surface area contributed by atoms with Gasteiger partial charge in [0, 0.05) is 10.7 Å². The number of aromatic nitrogens is 1. The average molecular weight is 312 g/mol. The van der Waals surface area contributed by atoms with Gasteiger partial charge in [-0.1, -0.05) is 64.5 Å². The van der Waals surface area contributed by atoms with Gasteiger partial charge in [0.25, 0.3) is 0 Å². The number of pyridine rings is 1. The molecular weight excluding hydrogens is 298 g/mol. The number of fused-ring (bicyclic) bond motifs is 1. The molecule has 3 rings (SSSR count). The lowest BCUT2D eigenvalue weighted by atomic mass is 10.0. The van der Waals surface area contributed by atoms with E-state index in [-0.39, 0.29) is 0 Å². The largest absolute Gasteiger partial charge is 0.252 e. The first-order chi connectivity index (χ1) is 9.36. The van der Waals surface area contributed by atoms with E-state index >= 15 is 0 Å². The number of nitrogens with zero attached hydrogens (tertiary/aromatic N) is 1. The van der Waals surface area contributed by atoms with Crippen molar-refractivity contribution >= 4 is 26.8 Å². The van der Waals surface area contributed by atoms with Crippen LogP contribution < -0.4 is 0 Å².